The van der Waals surface area contributed by atoms with Gasteiger partial charge in [0.05, 0.1) is 0 Å². The first-order valence-corrected chi connectivity index (χ1v) is 4.74. The van der Waals surface area contributed by atoms with E-state index in [1.54, 1.807) is 13.0 Å². The molecule has 0 spiro atoms. The Kier molecular flexibility index (Phi) is 6.24. The Morgan fingerprint density at radius 1 is 1.38 bits per heavy atom. The van der Waals surface area contributed by atoms with E-state index in [4.69, 9.17) is 5.11 Å². The molecule has 0 aliphatic rings. The number of carbonyl (C=O) groups is 1. The molecule has 3 heteroatoms. The van der Waals surface area contributed by atoms with Crippen molar-refractivity contribution in [1.29, 1.82) is 0 Å². The zero-order valence-corrected chi connectivity index (χ0v) is 8.71. The summed E-state index contributed by atoms with van der Waals surface area (Å²) in [5.74, 6) is -0.820. The molecule has 0 bridgehead atoms. The number of aliphatic carboxylic acids is 1. The molecule has 0 aromatic carbocycles. The van der Waals surface area contributed by atoms with E-state index in [1.807, 2.05) is 0 Å². The fraction of sp³-hybridized carbons (Fsp3) is 0.700. The van der Waals surface area contributed by atoms with E-state index in [9.17, 15) is 4.79 Å². The first-order valence-electron chi connectivity index (χ1n) is 4.74. The van der Waals surface area contributed by atoms with Gasteiger partial charge in [-0.3, -0.25) is 0 Å². The maximum Gasteiger partial charge on any atom is 0.330 e. The largest absolute Gasteiger partial charge is 0.478 e. The molecule has 76 valence electrons. The Balaban J connectivity index is 3.76. The molecule has 0 aromatic rings. The summed E-state index contributed by atoms with van der Waals surface area (Å²) in [5.41, 5.74) is 0.437. The number of nitrogens with zero attached hydrogens (tertiary/aromatic N) is 1. The lowest BCUT2D eigenvalue weighted by molar-refractivity contribution is -0.132. The summed E-state index contributed by atoms with van der Waals surface area (Å²) in [6, 6.07) is 0. The summed E-state index contributed by atoms with van der Waals surface area (Å²) in [5, 5.41) is 8.58. The number of hydrogen-bond donors (Lipinski definition) is 1. The Morgan fingerprint density at radius 3 is 2.31 bits per heavy atom. The van der Waals surface area contributed by atoms with Crippen LogP contribution in [0.1, 0.15) is 27.2 Å². The second-order valence-electron chi connectivity index (χ2n) is 3.01. The van der Waals surface area contributed by atoms with Crippen LogP contribution in [0.4, 0.5) is 0 Å². The Hall–Kier alpha value is -0.830. The van der Waals surface area contributed by atoms with Crippen LogP contribution in [0, 0.1) is 0 Å². The van der Waals surface area contributed by atoms with Gasteiger partial charge in [0.2, 0.25) is 0 Å². The number of rotatable bonds is 6. The Labute approximate surface area is 80.0 Å². The summed E-state index contributed by atoms with van der Waals surface area (Å²) >= 11 is 0. The highest BCUT2D eigenvalue weighted by Gasteiger charge is 2.00. The van der Waals surface area contributed by atoms with Gasteiger partial charge in [0, 0.05) is 12.1 Å². The Morgan fingerprint density at radius 2 is 1.92 bits per heavy atom. The van der Waals surface area contributed by atoms with E-state index in [2.05, 4.69) is 18.7 Å². The molecule has 3 nitrogen and oxygen atoms in total. The molecule has 0 heterocycles. The normalized spacial score (nSPS) is 12.2. The first-order chi connectivity index (χ1) is 6.11. The van der Waals surface area contributed by atoms with Crippen molar-refractivity contribution in [3.05, 3.63) is 11.6 Å². The second kappa shape index (κ2) is 6.66. The SMILES string of the molecule is CCN(CC)CCC=C(C)C(=O)O. The van der Waals surface area contributed by atoms with E-state index in [0.717, 1.165) is 26.1 Å². The molecular weight excluding hydrogens is 166 g/mol. The average Bonchev–Trinajstić information content (AvgIpc) is 2.12. The van der Waals surface area contributed by atoms with Crippen molar-refractivity contribution in [2.75, 3.05) is 19.6 Å². The molecule has 0 aromatic heterocycles. The van der Waals surface area contributed by atoms with Gasteiger partial charge in [0.1, 0.15) is 0 Å². The molecule has 0 atom stereocenters. The van der Waals surface area contributed by atoms with Crippen molar-refractivity contribution < 1.29 is 9.90 Å². The van der Waals surface area contributed by atoms with Crippen molar-refractivity contribution >= 4 is 5.97 Å². The lowest BCUT2D eigenvalue weighted by atomic mass is 10.2. The minimum absolute atomic E-state index is 0.437. The van der Waals surface area contributed by atoms with Gasteiger partial charge in [0.25, 0.3) is 0 Å². The summed E-state index contributed by atoms with van der Waals surface area (Å²) < 4.78 is 0. The van der Waals surface area contributed by atoms with Gasteiger partial charge >= 0.3 is 5.97 Å². The molecule has 0 saturated carbocycles. The number of hydrogen-bond acceptors (Lipinski definition) is 2. The van der Waals surface area contributed by atoms with Crippen LogP contribution < -0.4 is 0 Å². The maximum atomic E-state index is 10.4. The van der Waals surface area contributed by atoms with Gasteiger partial charge in [-0.2, -0.15) is 0 Å². The van der Waals surface area contributed by atoms with Crippen LogP contribution in [0.3, 0.4) is 0 Å². The molecule has 0 aliphatic heterocycles. The average molecular weight is 185 g/mol. The second-order valence-corrected chi connectivity index (χ2v) is 3.01. The van der Waals surface area contributed by atoms with Gasteiger partial charge in [0.15, 0.2) is 0 Å². The van der Waals surface area contributed by atoms with Crippen molar-refractivity contribution in [3.63, 3.8) is 0 Å². The van der Waals surface area contributed by atoms with E-state index in [0.29, 0.717) is 5.57 Å². The third-order valence-corrected chi connectivity index (χ3v) is 2.13. The van der Waals surface area contributed by atoms with Crippen LogP contribution in [0.5, 0.6) is 0 Å². The molecule has 0 radical (unpaired) electrons. The first kappa shape index (κ1) is 12.2. The van der Waals surface area contributed by atoms with E-state index in [-0.39, 0.29) is 0 Å². The number of carboxylic acid groups (broad SMARTS) is 1. The van der Waals surface area contributed by atoms with Crippen LogP contribution in [0.25, 0.3) is 0 Å². The molecule has 0 unspecified atom stereocenters. The molecule has 13 heavy (non-hydrogen) atoms. The highest BCUT2D eigenvalue weighted by Crippen LogP contribution is 1.97. The standard InChI is InChI=1S/C10H19NO2/c1-4-11(5-2)8-6-7-9(3)10(12)13/h7H,4-6,8H2,1-3H3,(H,12,13). The quantitative estimate of drug-likeness (QED) is 0.641. The lowest BCUT2D eigenvalue weighted by Gasteiger charge is -2.16. The van der Waals surface area contributed by atoms with Gasteiger partial charge in [-0.05, 0) is 26.4 Å². The summed E-state index contributed by atoms with van der Waals surface area (Å²) in [6.07, 6.45) is 2.60. The van der Waals surface area contributed by atoms with Crippen LogP contribution >= 0.6 is 0 Å². The van der Waals surface area contributed by atoms with Crippen LogP contribution in [0.2, 0.25) is 0 Å². The lowest BCUT2D eigenvalue weighted by Crippen LogP contribution is -2.23. The monoisotopic (exact) mass is 185 g/mol. The topological polar surface area (TPSA) is 40.5 Å². The maximum absolute atomic E-state index is 10.4. The molecule has 0 aliphatic carbocycles. The summed E-state index contributed by atoms with van der Waals surface area (Å²) in [6.45, 7) is 8.84. The molecule has 0 amide bonds. The minimum atomic E-state index is -0.820. The van der Waals surface area contributed by atoms with Gasteiger partial charge in [-0.15, -0.1) is 0 Å². The third kappa shape index (κ3) is 5.42. The fourth-order valence-electron chi connectivity index (χ4n) is 1.09. The van der Waals surface area contributed by atoms with Gasteiger partial charge < -0.3 is 10.0 Å². The van der Waals surface area contributed by atoms with Crippen molar-refractivity contribution in [2.45, 2.75) is 27.2 Å². The highest BCUT2D eigenvalue weighted by molar-refractivity contribution is 5.85. The summed E-state index contributed by atoms with van der Waals surface area (Å²) in [7, 11) is 0. The molecule has 1 N–H and O–H groups in total. The summed E-state index contributed by atoms with van der Waals surface area (Å²) in [4.78, 5) is 12.7. The molecule has 0 rings (SSSR count). The zero-order valence-electron chi connectivity index (χ0n) is 8.71. The zero-order chi connectivity index (χ0) is 10.3. The fourth-order valence-corrected chi connectivity index (χ4v) is 1.09. The van der Waals surface area contributed by atoms with Crippen LogP contribution in [-0.2, 0) is 4.79 Å². The Bertz CT molecular complexity index is 183. The number of carboxylic acids is 1. The van der Waals surface area contributed by atoms with E-state index >= 15 is 0 Å². The smallest absolute Gasteiger partial charge is 0.330 e. The third-order valence-electron chi connectivity index (χ3n) is 2.13. The molecule has 0 saturated heterocycles. The van der Waals surface area contributed by atoms with Gasteiger partial charge in [-0.1, -0.05) is 19.9 Å². The van der Waals surface area contributed by atoms with Crippen LogP contribution in [0.15, 0.2) is 11.6 Å². The van der Waals surface area contributed by atoms with E-state index in [1.165, 1.54) is 0 Å². The minimum Gasteiger partial charge on any atom is -0.478 e. The van der Waals surface area contributed by atoms with Crippen LogP contribution in [-0.4, -0.2) is 35.6 Å². The molecule has 0 fully saturated rings. The van der Waals surface area contributed by atoms with Gasteiger partial charge in [-0.25, -0.2) is 4.79 Å². The van der Waals surface area contributed by atoms with E-state index < -0.39 is 5.97 Å². The predicted molar refractivity (Wildman–Crippen MR) is 53.8 cm³/mol. The van der Waals surface area contributed by atoms with Crippen molar-refractivity contribution in [1.82, 2.24) is 4.90 Å². The van der Waals surface area contributed by atoms with Crippen molar-refractivity contribution in [3.8, 4) is 0 Å². The highest BCUT2D eigenvalue weighted by atomic mass is 16.4. The molecular formula is C10H19NO2. The predicted octanol–water partition coefficient (Wildman–Crippen LogP) is 1.75. The van der Waals surface area contributed by atoms with Crippen molar-refractivity contribution in [2.24, 2.45) is 0 Å².